The van der Waals surface area contributed by atoms with Crippen LogP contribution in [0.5, 0.6) is 0 Å². The highest BCUT2D eigenvalue weighted by Crippen LogP contribution is 2.19. The summed E-state index contributed by atoms with van der Waals surface area (Å²) < 4.78 is 29.8. The zero-order valence-corrected chi connectivity index (χ0v) is 16.6. The molecule has 8 heteroatoms. The van der Waals surface area contributed by atoms with Crippen LogP contribution >= 0.6 is 0 Å². The summed E-state index contributed by atoms with van der Waals surface area (Å²) in [6.45, 7) is 0.187. The van der Waals surface area contributed by atoms with Gasteiger partial charge in [0.05, 0.1) is 23.8 Å². The summed E-state index contributed by atoms with van der Waals surface area (Å²) in [7, 11) is 0. The molecule has 1 N–H and O–H groups in total. The molecular formula is C24H16F2N4O2. The van der Waals surface area contributed by atoms with E-state index in [-0.39, 0.29) is 17.9 Å². The quantitative estimate of drug-likeness (QED) is 0.464. The van der Waals surface area contributed by atoms with Crippen LogP contribution in [0.1, 0.15) is 15.9 Å². The highest BCUT2D eigenvalue weighted by molar-refractivity contribution is 6.06. The maximum absolute atomic E-state index is 13.5. The molecule has 158 valence electrons. The summed E-state index contributed by atoms with van der Waals surface area (Å²) in [4.78, 5) is 26.0. The van der Waals surface area contributed by atoms with Crippen LogP contribution in [-0.2, 0) is 6.54 Å². The third-order valence-electron chi connectivity index (χ3n) is 5.20. The Labute approximate surface area is 180 Å². The third kappa shape index (κ3) is 3.51. The number of carbonyl (C=O) groups is 1. The Morgan fingerprint density at radius 2 is 1.69 bits per heavy atom. The minimum atomic E-state index is -0.462. The molecule has 1 amide bonds. The molecule has 6 nitrogen and oxygen atoms in total. The molecule has 0 aliphatic rings. The van der Waals surface area contributed by atoms with Crippen LogP contribution in [0.3, 0.4) is 0 Å². The molecule has 0 unspecified atom stereocenters. The zero-order valence-electron chi connectivity index (χ0n) is 16.6. The van der Waals surface area contributed by atoms with Gasteiger partial charge in [-0.2, -0.15) is 5.10 Å². The molecule has 2 heterocycles. The molecule has 0 radical (unpaired) electrons. The molecule has 0 saturated carbocycles. The van der Waals surface area contributed by atoms with Crippen LogP contribution in [0.4, 0.5) is 14.5 Å². The van der Waals surface area contributed by atoms with Crippen LogP contribution in [0.2, 0.25) is 0 Å². The first-order valence-corrected chi connectivity index (χ1v) is 9.81. The molecule has 5 aromatic rings. The number of amides is 1. The maximum atomic E-state index is 13.5. The summed E-state index contributed by atoms with van der Waals surface area (Å²) in [6.07, 6.45) is 1.53. The number of hydrogen-bond acceptors (Lipinski definition) is 3. The summed E-state index contributed by atoms with van der Waals surface area (Å²) in [5, 5.41) is 6.89. The molecule has 0 aliphatic heterocycles. The highest BCUT2D eigenvalue weighted by Gasteiger charge is 2.15. The predicted molar refractivity (Wildman–Crippen MR) is 117 cm³/mol. The second kappa shape index (κ2) is 7.73. The molecule has 0 atom stereocenters. The predicted octanol–water partition coefficient (Wildman–Crippen LogP) is 4.23. The van der Waals surface area contributed by atoms with Gasteiger partial charge in [0.25, 0.3) is 11.5 Å². The smallest absolute Gasteiger partial charge is 0.277 e. The van der Waals surface area contributed by atoms with Gasteiger partial charge in [-0.1, -0.05) is 18.2 Å². The number of nitrogens with one attached hydrogen (secondary N) is 1. The van der Waals surface area contributed by atoms with Gasteiger partial charge in [-0.3, -0.25) is 9.59 Å². The Morgan fingerprint density at radius 1 is 0.875 bits per heavy atom. The first kappa shape index (κ1) is 19.6. The van der Waals surface area contributed by atoms with Crippen LogP contribution in [0.25, 0.3) is 16.6 Å². The van der Waals surface area contributed by atoms with E-state index in [0.29, 0.717) is 27.8 Å². The Hall–Kier alpha value is -4.33. The number of hydrogen-bond donors (Lipinski definition) is 1. The summed E-state index contributed by atoms with van der Waals surface area (Å²) in [5.41, 5.74) is 2.56. The molecule has 3 aromatic carbocycles. The monoisotopic (exact) mass is 430 g/mol. The Morgan fingerprint density at radius 3 is 2.47 bits per heavy atom. The maximum Gasteiger partial charge on any atom is 0.277 e. The molecule has 0 aliphatic carbocycles. The fourth-order valence-electron chi connectivity index (χ4n) is 3.66. The molecule has 32 heavy (non-hydrogen) atoms. The van der Waals surface area contributed by atoms with E-state index in [1.165, 1.54) is 45.6 Å². The standard InChI is InChI=1S/C24H16F2N4O2/c25-17-7-4-15(5-8-17)14-29-22-12-16(23(31)28-19-3-1-2-18(26)13-19)6-9-20(22)30-21(24(29)32)10-11-27-30/h1-13H,14H2,(H,28,31). The first-order valence-electron chi connectivity index (χ1n) is 9.81. The van der Waals surface area contributed by atoms with Crippen molar-refractivity contribution in [3.63, 3.8) is 0 Å². The Kier molecular flexibility index (Phi) is 4.74. The van der Waals surface area contributed by atoms with Crippen LogP contribution in [0.15, 0.2) is 83.8 Å². The van der Waals surface area contributed by atoms with Crippen molar-refractivity contribution in [1.82, 2.24) is 14.2 Å². The number of aromatic nitrogens is 3. The highest BCUT2D eigenvalue weighted by atomic mass is 19.1. The molecule has 0 fully saturated rings. The van der Waals surface area contributed by atoms with E-state index in [9.17, 15) is 18.4 Å². The van der Waals surface area contributed by atoms with E-state index < -0.39 is 11.7 Å². The lowest BCUT2D eigenvalue weighted by molar-refractivity contribution is 0.102. The number of carbonyl (C=O) groups excluding carboxylic acids is 1. The molecule has 0 spiro atoms. The Balaban J connectivity index is 1.63. The lowest BCUT2D eigenvalue weighted by Gasteiger charge is -2.14. The number of anilines is 1. The van der Waals surface area contributed by atoms with Gasteiger partial charge in [0.1, 0.15) is 17.2 Å². The van der Waals surface area contributed by atoms with Gasteiger partial charge in [0.2, 0.25) is 0 Å². The number of nitrogens with zero attached hydrogens (tertiary/aromatic N) is 3. The second-order valence-corrected chi connectivity index (χ2v) is 7.31. The van der Waals surface area contributed by atoms with E-state index in [1.54, 1.807) is 42.5 Å². The topological polar surface area (TPSA) is 68.4 Å². The van der Waals surface area contributed by atoms with Crippen molar-refractivity contribution in [3.8, 4) is 0 Å². The largest absolute Gasteiger partial charge is 0.322 e. The lowest BCUT2D eigenvalue weighted by Crippen LogP contribution is -2.24. The molecule has 0 saturated heterocycles. The lowest BCUT2D eigenvalue weighted by atomic mass is 10.1. The molecular weight excluding hydrogens is 414 g/mol. The van der Waals surface area contributed by atoms with E-state index in [0.717, 1.165) is 5.56 Å². The number of fused-ring (bicyclic) bond motifs is 3. The van der Waals surface area contributed by atoms with Crippen LogP contribution in [-0.4, -0.2) is 20.1 Å². The van der Waals surface area contributed by atoms with Gasteiger partial charge in [-0.15, -0.1) is 0 Å². The van der Waals surface area contributed by atoms with Gasteiger partial charge in [-0.05, 0) is 60.2 Å². The van der Waals surface area contributed by atoms with Crippen molar-refractivity contribution in [1.29, 1.82) is 0 Å². The summed E-state index contributed by atoms with van der Waals surface area (Å²) in [6, 6.07) is 18.0. The number of rotatable bonds is 4. The fourth-order valence-corrected chi connectivity index (χ4v) is 3.66. The first-order chi connectivity index (χ1) is 15.5. The van der Waals surface area contributed by atoms with Gasteiger partial charge in [-0.25, -0.2) is 13.3 Å². The molecule has 2 aromatic heterocycles. The minimum Gasteiger partial charge on any atom is -0.322 e. The average molecular weight is 430 g/mol. The normalized spacial score (nSPS) is 11.2. The minimum absolute atomic E-state index is 0.187. The average Bonchev–Trinajstić information content (AvgIpc) is 3.28. The van der Waals surface area contributed by atoms with Gasteiger partial charge in [0, 0.05) is 11.3 Å². The van der Waals surface area contributed by atoms with Crippen LogP contribution in [0, 0.1) is 11.6 Å². The van der Waals surface area contributed by atoms with E-state index in [2.05, 4.69) is 10.4 Å². The number of halogens is 2. The van der Waals surface area contributed by atoms with Crippen molar-refractivity contribution in [2.45, 2.75) is 6.54 Å². The van der Waals surface area contributed by atoms with Crippen LogP contribution < -0.4 is 10.9 Å². The van der Waals surface area contributed by atoms with E-state index >= 15 is 0 Å². The van der Waals surface area contributed by atoms with Crippen molar-refractivity contribution < 1.29 is 13.6 Å². The SMILES string of the molecule is O=C(Nc1cccc(F)c1)c1ccc2c(c1)n(Cc1ccc(F)cc1)c(=O)c1ccnn12. The van der Waals surface area contributed by atoms with Crippen molar-refractivity contribution in [2.75, 3.05) is 5.32 Å². The van der Waals surface area contributed by atoms with E-state index in [4.69, 9.17) is 0 Å². The Bertz CT molecular complexity index is 1540. The fraction of sp³-hybridized carbons (Fsp3) is 0.0417. The molecule has 0 bridgehead atoms. The van der Waals surface area contributed by atoms with Crippen molar-refractivity contribution in [3.05, 3.63) is 112 Å². The zero-order chi connectivity index (χ0) is 22.2. The summed E-state index contributed by atoms with van der Waals surface area (Å²) >= 11 is 0. The summed E-state index contributed by atoms with van der Waals surface area (Å²) in [5.74, 6) is -1.28. The third-order valence-corrected chi connectivity index (χ3v) is 5.20. The van der Waals surface area contributed by atoms with Gasteiger partial charge >= 0.3 is 0 Å². The number of benzene rings is 3. The van der Waals surface area contributed by atoms with Crippen molar-refractivity contribution >= 4 is 28.1 Å². The molecule has 5 rings (SSSR count). The van der Waals surface area contributed by atoms with Crippen molar-refractivity contribution in [2.24, 2.45) is 0 Å². The van der Waals surface area contributed by atoms with Gasteiger partial charge < -0.3 is 9.88 Å². The van der Waals surface area contributed by atoms with Gasteiger partial charge in [0.15, 0.2) is 0 Å². The second-order valence-electron chi connectivity index (χ2n) is 7.31. The van der Waals surface area contributed by atoms with E-state index in [1.807, 2.05) is 0 Å².